The summed E-state index contributed by atoms with van der Waals surface area (Å²) >= 11 is 0. The Balaban J connectivity index is 2.73. The molecule has 0 amide bonds. The molecule has 0 aliphatic carbocycles. The maximum Gasteiger partial charge on any atom is 0.492 e. The molecule has 0 aromatic heterocycles. The van der Waals surface area contributed by atoms with E-state index >= 15 is 0 Å². The Morgan fingerprint density at radius 2 is 1.58 bits per heavy atom. The number of ether oxygens (including phenoxy) is 1. The number of rotatable bonds is 8. The highest BCUT2D eigenvalue weighted by Crippen LogP contribution is 2.50. The van der Waals surface area contributed by atoms with E-state index in [2.05, 4.69) is 19.1 Å². The van der Waals surface area contributed by atoms with E-state index in [1.54, 1.807) is 32.0 Å². The Morgan fingerprint density at radius 1 is 1.05 bits per heavy atom. The highest BCUT2D eigenvalue weighted by atomic mass is 31.2. The van der Waals surface area contributed by atoms with Crippen molar-refractivity contribution in [2.75, 3.05) is 13.2 Å². The molecule has 0 atom stereocenters. The highest BCUT2D eigenvalue weighted by Gasteiger charge is 2.41. The van der Waals surface area contributed by atoms with E-state index < -0.39 is 13.3 Å². The molecule has 0 saturated carbocycles. The van der Waals surface area contributed by atoms with Crippen LogP contribution in [0.5, 0.6) is 5.75 Å². The maximum atomic E-state index is 12.1. The van der Waals surface area contributed by atoms with Gasteiger partial charge in [-0.15, -0.1) is 9.35 Å². The molecule has 0 bridgehead atoms. The van der Waals surface area contributed by atoms with Crippen molar-refractivity contribution in [1.29, 1.82) is 0 Å². The van der Waals surface area contributed by atoms with Gasteiger partial charge in [-0.3, -0.25) is 0 Å². The zero-order valence-corrected chi connectivity index (χ0v) is 11.5. The molecule has 1 rings (SSSR count). The normalized spacial score (nSPS) is 11.3. The van der Waals surface area contributed by atoms with Crippen LogP contribution >= 0.6 is 7.60 Å². The van der Waals surface area contributed by atoms with Crippen LogP contribution in [0.4, 0.5) is 4.79 Å². The number of benzene rings is 1. The van der Waals surface area contributed by atoms with Gasteiger partial charge < -0.3 is 4.74 Å². The molecular formula is C11H15O7P. The molecule has 0 unspecified atom stereocenters. The Hall–Kier alpha value is -1.24. The smallest absolute Gasteiger partial charge is 0.417 e. The van der Waals surface area contributed by atoms with E-state index in [-0.39, 0.29) is 19.0 Å². The number of carbonyl (C=O) groups is 1. The van der Waals surface area contributed by atoms with E-state index in [0.717, 1.165) is 0 Å². The van der Waals surface area contributed by atoms with Crippen LogP contribution in [0.25, 0.3) is 0 Å². The summed E-state index contributed by atoms with van der Waals surface area (Å²) in [5.74, 6) is 0.202. The zero-order valence-electron chi connectivity index (χ0n) is 10.6. The van der Waals surface area contributed by atoms with Crippen LogP contribution in [0.2, 0.25) is 0 Å². The van der Waals surface area contributed by atoms with Gasteiger partial charge in [0.2, 0.25) is 0 Å². The van der Waals surface area contributed by atoms with Crippen molar-refractivity contribution in [2.45, 2.75) is 13.8 Å². The topological polar surface area (TPSA) is 80.3 Å². The monoisotopic (exact) mass is 290 g/mol. The molecule has 0 saturated heterocycles. The predicted molar refractivity (Wildman–Crippen MR) is 65.5 cm³/mol. The van der Waals surface area contributed by atoms with Crippen LogP contribution in [0, 0.1) is 0 Å². The molecule has 0 fully saturated rings. The van der Waals surface area contributed by atoms with E-state index in [9.17, 15) is 9.36 Å². The third kappa shape index (κ3) is 5.10. The van der Waals surface area contributed by atoms with E-state index in [1.165, 1.54) is 12.1 Å². The molecule has 106 valence electrons. The summed E-state index contributed by atoms with van der Waals surface area (Å²) in [7, 11) is -4.31. The number of hydrogen-bond donors (Lipinski definition) is 0. The first-order valence-electron chi connectivity index (χ1n) is 5.62. The highest BCUT2D eigenvalue weighted by molar-refractivity contribution is 7.71. The van der Waals surface area contributed by atoms with Gasteiger partial charge in [0.05, 0.1) is 13.2 Å². The summed E-state index contributed by atoms with van der Waals surface area (Å²) in [6.45, 7) is 3.34. The van der Waals surface area contributed by atoms with Crippen molar-refractivity contribution in [3.05, 3.63) is 30.3 Å². The van der Waals surface area contributed by atoms with Crippen LogP contribution in [0.15, 0.2) is 30.3 Å². The first-order chi connectivity index (χ1) is 9.12. The third-order valence-electron chi connectivity index (χ3n) is 1.71. The molecule has 19 heavy (non-hydrogen) atoms. The van der Waals surface area contributed by atoms with Gasteiger partial charge >= 0.3 is 13.3 Å². The second kappa shape index (κ2) is 8.04. The summed E-state index contributed by atoms with van der Waals surface area (Å²) in [5.41, 5.74) is -1.22. The average molecular weight is 290 g/mol. The Bertz CT molecular complexity index is 422. The largest absolute Gasteiger partial charge is 0.492 e. The molecule has 8 heteroatoms. The quantitative estimate of drug-likeness (QED) is 0.412. The van der Waals surface area contributed by atoms with E-state index in [4.69, 9.17) is 4.74 Å². The van der Waals surface area contributed by atoms with Crippen molar-refractivity contribution >= 4 is 13.3 Å². The lowest BCUT2D eigenvalue weighted by atomic mass is 10.3. The first kappa shape index (κ1) is 15.8. The maximum absolute atomic E-state index is 12.1. The van der Waals surface area contributed by atoms with Crippen LogP contribution < -0.4 is 4.74 Å². The Labute approximate surface area is 110 Å². The Kier molecular flexibility index (Phi) is 6.69. The van der Waals surface area contributed by atoms with Gasteiger partial charge in [-0.1, -0.05) is 18.2 Å². The molecule has 0 radical (unpaired) electrons. The lowest BCUT2D eigenvalue weighted by Gasteiger charge is -2.13. The van der Waals surface area contributed by atoms with Gasteiger partial charge in [0.1, 0.15) is 5.75 Å². The van der Waals surface area contributed by atoms with Crippen LogP contribution in [-0.4, -0.2) is 18.9 Å². The van der Waals surface area contributed by atoms with Crippen LogP contribution in [0.3, 0.4) is 0 Å². The van der Waals surface area contributed by atoms with Gasteiger partial charge in [-0.05, 0) is 26.0 Å². The minimum atomic E-state index is -4.31. The molecule has 0 aliphatic heterocycles. The zero-order chi connectivity index (χ0) is 14.1. The fourth-order valence-corrected chi connectivity index (χ4v) is 1.81. The summed E-state index contributed by atoms with van der Waals surface area (Å²) in [6, 6.07) is 8.08. The van der Waals surface area contributed by atoms with Crippen molar-refractivity contribution < 1.29 is 33.2 Å². The fourth-order valence-electron chi connectivity index (χ4n) is 0.963. The molecule has 7 nitrogen and oxygen atoms in total. The molecule has 0 heterocycles. The minimum absolute atomic E-state index is 0.0814. The standard InChI is InChI=1S/C11H15O7P/c1-3-14-17-19(13,18-15-4-2)11(12)16-10-8-6-5-7-9-10/h5-9H,3-4H2,1-2H3. The molecule has 1 aromatic rings. The fraction of sp³-hybridized carbons (Fsp3) is 0.364. The van der Waals surface area contributed by atoms with E-state index in [0.29, 0.717) is 0 Å². The van der Waals surface area contributed by atoms with Gasteiger partial charge in [-0.25, -0.2) is 19.1 Å². The predicted octanol–water partition coefficient (Wildman–Crippen LogP) is 3.31. The SMILES string of the molecule is CCOOP(=O)(OOCC)C(=O)Oc1ccccc1. The van der Waals surface area contributed by atoms with Gasteiger partial charge in [-0.2, -0.15) is 0 Å². The second-order valence-electron chi connectivity index (χ2n) is 3.14. The van der Waals surface area contributed by atoms with Crippen LogP contribution in [-0.2, 0) is 23.7 Å². The second-order valence-corrected chi connectivity index (χ2v) is 4.80. The molecule has 0 N–H and O–H groups in total. The molecular weight excluding hydrogens is 275 g/mol. The summed E-state index contributed by atoms with van der Waals surface area (Å²) in [5, 5.41) is 0. The van der Waals surface area contributed by atoms with E-state index in [1.807, 2.05) is 0 Å². The lowest BCUT2D eigenvalue weighted by molar-refractivity contribution is -0.260. The summed E-state index contributed by atoms with van der Waals surface area (Å²) in [6.07, 6.45) is 0. The van der Waals surface area contributed by atoms with Crippen molar-refractivity contribution in [3.8, 4) is 5.75 Å². The molecule has 0 spiro atoms. The number of carbonyl (C=O) groups excluding carboxylic acids is 1. The minimum Gasteiger partial charge on any atom is -0.417 e. The van der Waals surface area contributed by atoms with Crippen molar-refractivity contribution in [1.82, 2.24) is 0 Å². The van der Waals surface area contributed by atoms with Gasteiger partial charge in [0, 0.05) is 0 Å². The van der Waals surface area contributed by atoms with Crippen LogP contribution in [0.1, 0.15) is 13.8 Å². The Morgan fingerprint density at radius 3 is 2.05 bits per heavy atom. The average Bonchev–Trinajstić information content (AvgIpc) is 2.44. The lowest BCUT2D eigenvalue weighted by Crippen LogP contribution is -2.12. The summed E-state index contributed by atoms with van der Waals surface area (Å²) < 4.78 is 25.8. The number of para-hydroxylation sites is 1. The molecule has 0 aliphatic rings. The summed E-state index contributed by atoms with van der Waals surface area (Å²) in [4.78, 5) is 20.7. The van der Waals surface area contributed by atoms with Gasteiger partial charge in [0.15, 0.2) is 0 Å². The van der Waals surface area contributed by atoms with Crippen molar-refractivity contribution in [2.24, 2.45) is 0 Å². The van der Waals surface area contributed by atoms with Crippen molar-refractivity contribution in [3.63, 3.8) is 0 Å². The van der Waals surface area contributed by atoms with Gasteiger partial charge in [0.25, 0.3) is 0 Å². The first-order valence-corrected chi connectivity index (χ1v) is 7.16. The number of hydrogen-bond acceptors (Lipinski definition) is 7. The molecule has 1 aromatic carbocycles. The third-order valence-corrected chi connectivity index (χ3v) is 2.85.